The van der Waals surface area contributed by atoms with Crippen LogP contribution in [0.25, 0.3) is 0 Å². The van der Waals surface area contributed by atoms with Gasteiger partial charge in [0.2, 0.25) is 0 Å². The van der Waals surface area contributed by atoms with E-state index in [4.69, 9.17) is 0 Å². The van der Waals surface area contributed by atoms with Crippen molar-refractivity contribution in [3.05, 3.63) is 34.1 Å². The molecule has 18 heavy (non-hydrogen) atoms. The number of benzene rings is 1. The van der Waals surface area contributed by atoms with Crippen molar-refractivity contribution in [2.24, 2.45) is 5.92 Å². The maximum atomic E-state index is 13.5. The highest BCUT2D eigenvalue weighted by Gasteiger charge is 2.33. The van der Waals surface area contributed by atoms with E-state index in [2.05, 4.69) is 26.1 Å². The summed E-state index contributed by atoms with van der Waals surface area (Å²) in [6.45, 7) is 4.26. The molecule has 2 unspecified atom stereocenters. The van der Waals surface area contributed by atoms with Crippen LogP contribution in [-0.4, -0.2) is 30.6 Å². The van der Waals surface area contributed by atoms with Crippen LogP contribution in [0.1, 0.15) is 18.4 Å². The van der Waals surface area contributed by atoms with E-state index in [9.17, 15) is 4.39 Å². The van der Waals surface area contributed by atoms with Crippen LogP contribution in [0.5, 0.6) is 0 Å². The molecule has 2 fully saturated rings. The summed E-state index contributed by atoms with van der Waals surface area (Å²) >= 11 is 3.19. The van der Waals surface area contributed by atoms with Gasteiger partial charge in [0.15, 0.2) is 0 Å². The highest BCUT2D eigenvalue weighted by Crippen LogP contribution is 2.26. The molecule has 2 saturated heterocycles. The second-order valence-electron chi connectivity index (χ2n) is 5.41. The largest absolute Gasteiger partial charge is 0.312 e. The zero-order valence-electron chi connectivity index (χ0n) is 10.3. The van der Waals surface area contributed by atoms with E-state index >= 15 is 0 Å². The third kappa shape index (κ3) is 2.60. The summed E-state index contributed by atoms with van der Waals surface area (Å²) in [6, 6.07) is 6.09. The molecule has 4 heteroatoms. The number of rotatable bonds is 2. The minimum atomic E-state index is -0.165. The molecule has 0 saturated carbocycles. The molecule has 1 N–H and O–H groups in total. The summed E-state index contributed by atoms with van der Waals surface area (Å²) in [5, 5.41) is 3.59. The lowest BCUT2D eigenvalue weighted by Gasteiger charge is -2.24. The van der Waals surface area contributed by atoms with Crippen molar-refractivity contribution in [3.63, 3.8) is 0 Å². The van der Waals surface area contributed by atoms with Crippen LogP contribution in [0.4, 0.5) is 4.39 Å². The monoisotopic (exact) mass is 312 g/mol. The zero-order valence-corrected chi connectivity index (χ0v) is 11.9. The minimum Gasteiger partial charge on any atom is -0.312 e. The Hall–Kier alpha value is -0.450. The first-order valence-corrected chi connectivity index (χ1v) is 7.41. The van der Waals surface area contributed by atoms with Crippen molar-refractivity contribution in [1.82, 2.24) is 10.2 Å². The van der Waals surface area contributed by atoms with Gasteiger partial charge in [0, 0.05) is 25.7 Å². The van der Waals surface area contributed by atoms with Crippen molar-refractivity contribution in [3.8, 4) is 0 Å². The molecule has 2 atom stereocenters. The van der Waals surface area contributed by atoms with Crippen molar-refractivity contribution in [2.75, 3.05) is 19.6 Å². The quantitative estimate of drug-likeness (QED) is 0.903. The van der Waals surface area contributed by atoms with Crippen LogP contribution < -0.4 is 5.32 Å². The molecular formula is C14H18BrFN2. The Morgan fingerprint density at radius 3 is 3.06 bits per heavy atom. The molecule has 1 aromatic rings. The molecule has 3 rings (SSSR count). The smallest absolute Gasteiger partial charge is 0.137 e. The Morgan fingerprint density at radius 1 is 1.39 bits per heavy atom. The molecule has 0 bridgehead atoms. The van der Waals surface area contributed by atoms with Crippen LogP contribution in [0.3, 0.4) is 0 Å². The Bertz CT molecular complexity index is 424. The maximum Gasteiger partial charge on any atom is 0.137 e. The highest BCUT2D eigenvalue weighted by molar-refractivity contribution is 9.10. The molecule has 2 nitrogen and oxygen atoms in total. The Morgan fingerprint density at radius 2 is 2.28 bits per heavy atom. The number of fused-ring (bicyclic) bond motifs is 1. The van der Waals surface area contributed by atoms with Gasteiger partial charge < -0.3 is 5.32 Å². The van der Waals surface area contributed by atoms with Gasteiger partial charge in [-0.05, 0) is 58.9 Å². The number of halogens is 2. The summed E-state index contributed by atoms with van der Waals surface area (Å²) in [5.41, 5.74) is 1.06. The third-order valence-electron chi connectivity index (χ3n) is 4.07. The normalized spacial score (nSPS) is 28.3. The van der Waals surface area contributed by atoms with Crippen molar-refractivity contribution >= 4 is 15.9 Å². The summed E-state index contributed by atoms with van der Waals surface area (Å²) in [4.78, 5) is 2.44. The molecule has 1 aromatic carbocycles. The van der Waals surface area contributed by atoms with Crippen LogP contribution in [0, 0.1) is 11.7 Å². The van der Waals surface area contributed by atoms with Gasteiger partial charge >= 0.3 is 0 Å². The predicted molar refractivity (Wildman–Crippen MR) is 73.9 cm³/mol. The van der Waals surface area contributed by atoms with Gasteiger partial charge in [-0.1, -0.05) is 6.07 Å². The van der Waals surface area contributed by atoms with E-state index in [-0.39, 0.29) is 5.82 Å². The molecular weight excluding hydrogens is 295 g/mol. The number of piperidine rings is 1. The lowest BCUT2D eigenvalue weighted by atomic mass is 9.94. The SMILES string of the molecule is Fc1cc(CN2CC3CCCNC3C2)ccc1Br. The molecule has 0 aromatic heterocycles. The lowest BCUT2D eigenvalue weighted by Crippen LogP contribution is -2.40. The first kappa shape index (κ1) is 12.6. The Labute approximate surface area is 116 Å². The van der Waals surface area contributed by atoms with Gasteiger partial charge in [-0.15, -0.1) is 0 Å². The summed E-state index contributed by atoms with van der Waals surface area (Å²) in [5.74, 6) is 0.626. The van der Waals surface area contributed by atoms with Crippen molar-refractivity contribution in [2.45, 2.75) is 25.4 Å². The van der Waals surface area contributed by atoms with Gasteiger partial charge in [0.1, 0.15) is 5.82 Å². The highest BCUT2D eigenvalue weighted by atomic mass is 79.9. The third-order valence-corrected chi connectivity index (χ3v) is 4.71. The fraction of sp³-hybridized carbons (Fsp3) is 0.571. The van der Waals surface area contributed by atoms with E-state index in [1.807, 2.05) is 6.07 Å². The average molecular weight is 313 g/mol. The number of hydrogen-bond donors (Lipinski definition) is 1. The molecule has 98 valence electrons. The topological polar surface area (TPSA) is 15.3 Å². The van der Waals surface area contributed by atoms with Crippen molar-refractivity contribution in [1.29, 1.82) is 0 Å². The first-order valence-electron chi connectivity index (χ1n) is 6.62. The van der Waals surface area contributed by atoms with Gasteiger partial charge in [-0.2, -0.15) is 0 Å². The zero-order chi connectivity index (χ0) is 12.5. The number of nitrogens with one attached hydrogen (secondary N) is 1. The van der Waals surface area contributed by atoms with E-state index < -0.39 is 0 Å². The van der Waals surface area contributed by atoms with Crippen LogP contribution in [0.2, 0.25) is 0 Å². The molecule has 2 heterocycles. The second kappa shape index (κ2) is 5.27. The van der Waals surface area contributed by atoms with E-state index in [1.54, 1.807) is 12.1 Å². The first-order chi connectivity index (χ1) is 8.72. The molecule has 2 aliphatic rings. The van der Waals surface area contributed by atoms with Crippen LogP contribution in [0.15, 0.2) is 22.7 Å². The summed E-state index contributed by atoms with van der Waals surface area (Å²) in [7, 11) is 0. The van der Waals surface area contributed by atoms with E-state index in [0.717, 1.165) is 37.7 Å². The fourth-order valence-electron chi connectivity index (χ4n) is 3.16. The standard InChI is InChI=1S/C14H18BrFN2/c15-12-4-3-10(6-13(12)16)7-18-8-11-2-1-5-17-14(11)9-18/h3-4,6,11,14,17H,1-2,5,7-9H2. The van der Waals surface area contributed by atoms with Gasteiger partial charge in [0.05, 0.1) is 4.47 Å². The van der Waals surface area contributed by atoms with Gasteiger partial charge in [-0.3, -0.25) is 4.90 Å². The average Bonchev–Trinajstić information content (AvgIpc) is 2.76. The van der Waals surface area contributed by atoms with E-state index in [0.29, 0.717) is 10.5 Å². The molecule has 2 aliphatic heterocycles. The molecule has 0 amide bonds. The second-order valence-corrected chi connectivity index (χ2v) is 6.26. The van der Waals surface area contributed by atoms with Crippen LogP contribution in [-0.2, 0) is 6.54 Å². The minimum absolute atomic E-state index is 0.165. The predicted octanol–water partition coefficient (Wildman–Crippen LogP) is 2.77. The molecule has 0 radical (unpaired) electrons. The van der Waals surface area contributed by atoms with Crippen molar-refractivity contribution < 1.29 is 4.39 Å². The maximum absolute atomic E-state index is 13.5. The molecule has 0 spiro atoms. The Kier molecular flexibility index (Phi) is 3.68. The van der Waals surface area contributed by atoms with Gasteiger partial charge in [-0.25, -0.2) is 4.39 Å². The molecule has 0 aliphatic carbocycles. The number of hydrogen-bond acceptors (Lipinski definition) is 2. The summed E-state index contributed by atoms with van der Waals surface area (Å²) < 4.78 is 14.0. The van der Waals surface area contributed by atoms with Gasteiger partial charge in [0.25, 0.3) is 0 Å². The fourth-order valence-corrected chi connectivity index (χ4v) is 3.41. The van der Waals surface area contributed by atoms with E-state index in [1.165, 1.54) is 12.8 Å². The number of nitrogens with zero attached hydrogens (tertiary/aromatic N) is 1. The lowest BCUT2D eigenvalue weighted by molar-refractivity contribution is 0.312. The van der Waals surface area contributed by atoms with Crippen LogP contribution >= 0.6 is 15.9 Å². The Balaban J connectivity index is 1.64. The summed E-state index contributed by atoms with van der Waals surface area (Å²) in [6.07, 6.45) is 2.63. The number of likely N-dealkylation sites (tertiary alicyclic amines) is 1.